The van der Waals surface area contributed by atoms with Crippen LogP contribution in [-0.4, -0.2) is 25.8 Å². The molecule has 0 aromatic heterocycles. The molecule has 0 unspecified atom stereocenters. The SMILES string of the molecule is CC[C@@H](N)[C@H](COCc1ccccc1)NCc1ccc(OC)cc1. The molecule has 0 aliphatic carbocycles. The summed E-state index contributed by atoms with van der Waals surface area (Å²) in [5.41, 5.74) is 8.62. The maximum Gasteiger partial charge on any atom is 0.118 e. The maximum atomic E-state index is 6.24. The quantitative estimate of drug-likeness (QED) is 0.704. The summed E-state index contributed by atoms with van der Waals surface area (Å²) in [6.45, 7) is 4.07. The maximum absolute atomic E-state index is 6.24. The van der Waals surface area contributed by atoms with E-state index in [1.807, 2.05) is 30.3 Å². The van der Waals surface area contributed by atoms with Crippen LogP contribution in [0.15, 0.2) is 54.6 Å². The van der Waals surface area contributed by atoms with Gasteiger partial charge in [0.15, 0.2) is 0 Å². The Morgan fingerprint density at radius 1 is 1.00 bits per heavy atom. The van der Waals surface area contributed by atoms with Crippen LogP contribution in [0.3, 0.4) is 0 Å². The number of benzene rings is 2. The van der Waals surface area contributed by atoms with Gasteiger partial charge in [0.25, 0.3) is 0 Å². The van der Waals surface area contributed by atoms with Crippen LogP contribution in [0, 0.1) is 0 Å². The summed E-state index contributed by atoms with van der Waals surface area (Å²) in [5.74, 6) is 0.867. The molecular formula is C20H28N2O2. The number of rotatable bonds is 10. The number of hydrogen-bond acceptors (Lipinski definition) is 4. The Bertz CT molecular complexity index is 572. The molecule has 4 heteroatoms. The second-order valence-electron chi connectivity index (χ2n) is 5.91. The van der Waals surface area contributed by atoms with Gasteiger partial charge in [0.2, 0.25) is 0 Å². The minimum Gasteiger partial charge on any atom is -0.497 e. The lowest BCUT2D eigenvalue weighted by molar-refractivity contribution is 0.0905. The molecule has 0 amide bonds. The Balaban J connectivity index is 1.83. The molecule has 24 heavy (non-hydrogen) atoms. The van der Waals surface area contributed by atoms with Gasteiger partial charge in [0, 0.05) is 18.6 Å². The zero-order chi connectivity index (χ0) is 17.2. The van der Waals surface area contributed by atoms with Crippen LogP contribution in [-0.2, 0) is 17.9 Å². The fraction of sp³-hybridized carbons (Fsp3) is 0.400. The van der Waals surface area contributed by atoms with Crippen molar-refractivity contribution in [3.8, 4) is 5.75 Å². The van der Waals surface area contributed by atoms with Gasteiger partial charge in [-0.25, -0.2) is 0 Å². The molecule has 0 radical (unpaired) electrons. The van der Waals surface area contributed by atoms with E-state index < -0.39 is 0 Å². The van der Waals surface area contributed by atoms with E-state index in [0.29, 0.717) is 13.2 Å². The van der Waals surface area contributed by atoms with Crippen molar-refractivity contribution in [1.29, 1.82) is 0 Å². The number of methoxy groups -OCH3 is 1. The Morgan fingerprint density at radius 2 is 1.71 bits per heavy atom. The van der Waals surface area contributed by atoms with E-state index in [2.05, 4.69) is 36.5 Å². The molecule has 0 spiro atoms. The van der Waals surface area contributed by atoms with Crippen LogP contribution in [0.4, 0.5) is 0 Å². The molecule has 2 atom stereocenters. The van der Waals surface area contributed by atoms with Gasteiger partial charge in [-0.15, -0.1) is 0 Å². The van der Waals surface area contributed by atoms with Crippen LogP contribution in [0.1, 0.15) is 24.5 Å². The van der Waals surface area contributed by atoms with Crippen molar-refractivity contribution in [3.05, 3.63) is 65.7 Å². The average Bonchev–Trinajstić information content (AvgIpc) is 2.65. The zero-order valence-corrected chi connectivity index (χ0v) is 14.6. The average molecular weight is 328 g/mol. The van der Waals surface area contributed by atoms with E-state index in [1.165, 1.54) is 11.1 Å². The lowest BCUT2D eigenvalue weighted by atomic mass is 10.1. The summed E-state index contributed by atoms with van der Waals surface area (Å²) in [4.78, 5) is 0. The second kappa shape index (κ2) is 10.1. The Hall–Kier alpha value is -1.88. The Morgan fingerprint density at radius 3 is 2.33 bits per heavy atom. The van der Waals surface area contributed by atoms with E-state index >= 15 is 0 Å². The third-order valence-corrected chi connectivity index (χ3v) is 4.12. The molecule has 0 aliphatic heterocycles. The minimum absolute atomic E-state index is 0.0685. The number of nitrogens with one attached hydrogen (secondary N) is 1. The highest BCUT2D eigenvalue weighted by atomic mass is 16.5. The fourth-order valence-corrected chi connectivity index (χ4v) is 2.49. The predicted molar refractivity (Wildman–Crippen MR) is 98.0 cm³/mol. The van der Waals surface area contributed by atoms with E-state index in [1.54, 1.807) is 7.11 Å². The van der Waals surface area contributed by atoms with Gasteiger partial charge >= 0.3 is 0 Å². The van der Waals surface area contributed by atoms with Crippen molar-refractivity contribution in [1.82, 2.24) is 5.32 Å². The molecule has 2 aromatic rings. The first-order chi connectivity index (χ1) is 11.7. The third-order valence-electron chi connectivity index (χ3n) is 4.12. The van der Waals surface area contributed by atoms with Gasteiger partial charge in [0.1, 0.15) is 5.75 Å². The summed E-state index contributed by atoms with van der Waals surface area (Å²) in [6.07, 6.45) is 0.912. The van der Waals surface area contributed by atoms with Crippen LogP contribution >= 0.6 is 0 Å². The fourth-order valence-electron chi connectivity index (χ4n) is 2.49. The van der Waals surface area contributed by atoms with Crippen LogP contribution in [0.25, 0.3) is 0 Å². The molecule has 0 aliphatic rings. The molecule has 0 bridgehead atoms. The van der Waals surface area contributed by atoms with Gasteiger partial charge in [-0.3, -0.25) is 0 Å². The third kappa shape index (κ3) is 5.96. The molecule has 0 heterocycles. The molecule has 0 fully saturated rings. The van der Waals surface area contributed by atoms with Gasteiger partial charge in [-0.1, -0.05) is 49.4 Å². The molecule has 130 valence electrons. The molecule has 3 N–H and O–H groups in total. The summed E-state index contributed by atoms with van der Waals surface area (Å²) < 4.78 is 11.1. The highest BCUT2D eigenvalue weighted by Crippen LogP contribution is 2.11. The highest BCUT2D eigenvalue weighted by Gasteiger charge is 2.16. The van der Waals surface area contributed by atoms with Crippen LogP contribution < -0.4 is 15.8 Å². The normalized spacial score (nSPS) is 13.5. The zero-order valence-electron chi connectivity index (χ0n) is 14.6. The van der Waals surface area contributed by atoms with Crippen molar-refractivity contribution < 1.29 is 9.47 Å². The topological polar surface area (TPSA) is 56.5 Å². The monoisotopic (exact) mass is 328 g/mol. The van der Waals surface area contributed by atoms with E-state index in [4.69, 9.17) is 15.2 Å². The lowest BCUT2D eigenvalue weighted by Crippen LogP contribution is -2.47. The first-order valence-corrected chi connectivity index (χ1v) is 8.46. The van der Waals surface area contributed by atoms with E-state index in [-0.39, 0.29) is 12.1 Å². The van der Waals surface area contributed by atoms with Crippen LogP contribution in [0.5, 0.6) is 5.75 Å². The number of ether oxygens (including phenoxy) is 2. The first-order valence-electron chi connectivity index (χ1n) is 8.46. The van der Waals surface area contributed by atoms with Gasteiger partial charge in [-0.2, -0.15) is 0 Å². The molecule has 0 saturated heterocycles. The molecule has 4 nitrogen and oxygen atoms in total. The molecular weight excluding hydrogens is 300 g/mol. The summed E-state index contributed by atoms with van der Waals surface area (Å²) in [6, 6.07) is 18.5. The van der Waals surface area contributed by atoms with Crippen molar-refractivity contribution in [2.45, 2.75) is 38.6 Å². The molecule has 2 rings (SSSR count). The van der Waals surface area contributed by atoms with Gasteiger partial charge < -0.3 is 20.5 Å². The number of nitrogens with two attached hydrogens (primary N) is 1. The largest absolute Gasteiger partial charge is 0.497 e. The van der Waals surface area contributed by atoms with Gasteiger partial charge in [0.05, 0.1) is 20.3 Å². The minimum atomic E-state index is 0.0685. The first kappa shape index (κ1) is 18.5. The van der Waals surface area contributed by atoms with E-state index in [0.717, 1.165) is 18.7 Å². The van der Waals surface area contributed by atoms with Crippen LogP contribution in [0.2, 0.25) is 0 Å². The second-order valence-corrected chi connectivity index (χ2v) is 5.91. The lowest BCUT2D eigenvalue weighted by Gasteiger charge is -2.24. The van der Waals surface area contributed by atoms with Crippen molar-refractivity contribution >= 4 is 0 Å². The van der Waals surface area contributed by atoms with Crippen molar-refractivity contribution in [2.24, 2.45) is 5.73 Å². The number of hydrogen-bond donors (Lipinski definition) is 2. The van der Waals surface area contributed by atoms with E-state index in [9.17, 15) is 0 Å². The summed E-state index contributed by atoms with van der Waals surface area (Å²) in [5, 5.41) is 3.52. The molecule has 2 aromatic carbocycles. The standard InChI is InChI=1S/C20H28N2O2/c1-3-19(21)20(15-24-14-17-7-5-4-6-8-17)22-13-16-9-11-18(23-2)12-10-16/h4-12,19-20,22H,3,13-15,21H2,1-2H3/t19-,20+/m1/s1. The van der Waals surface area contributed by atoms with Crippen molar-refractivity contribution in [2.75, 3.05) is 13.7 Å². The van der Waals surface area contributed by atoms with Crippen molar-refractivity contribution in [3.63, 3.8) is 0 Å². The highest BCUT2D eigenvalue weighted by molar-refractivity contribution is 5.27. The summed E-state index contributed by atoms with van der Waals surface area (Å²) in [7, 11) is 1.67. The Kier molecular flexibility index (Phi) is 7.75. The molecule has 0 saturated carbocycles. The van der Waals surface area contributed by atoms with Gasteiger partial charge in [-0.05, 0) is 29.7 Å². The summed E-state index contributed by atoms with van der Waals surface area (Å²) >= 11 is 0. The Labute approximate surface area is 145 Å². The predicted octanol–water partition coefficient (Wildman–Crippen LogP) is 3.11. The smallest absolute Gasteiger partial charge is 0.118 e.